The lowest BCUT2D eigenvalue weighted by Crippen LogP contribution is -2.45. The first-order valence-electron chi connectivity index (χ1n) is 5.16. The zero-order valence-electron chi connectivity index (χ0n) is 10.3. The number of aliphatic hydroxyl groups is 1. The molecule has 86 valence electrons. The van der Waals surface area contributed by atoms with Crippen LogP contribution >= 0.6 is 0 Å². The molecule has 4 nitrogen and oxygen atoms in total. The number of rotatable bonds is 7. The highest BCUT2D eigenvalue weighted by molar-refractivity contribution is 4.29. The van der Waals surface area contributed by atoms with Crippen molar-refractivity contribution in [3.8, 4) is 0 Å². The molecule has 0 rings (SSSR count). The van der Waals surface area contributed by atoms with Crippen molar-refractivity contribution in [3.63, 3.8) is 0 Å². The van der Waals surface area contributed by atoms with Crippen LogP contribution in [0.1, 0.15) is 6.42 Å². The zero-order valence-corrected chi connectivity index (χ0v) is 10.3. The van der Waals surface area contributed by atoms with Crippen molar-refractivity contribution in [2.75, 3.05) is 61.5 Å². The number of nitrogens with zero attached hydrogens (tertiary/aromatic N) is 2. The quantitative estimate of drug-likeness (QED) is 0.472. The summed E-state index contributed by atoms with van der Waals surface area (Å²) in [5.74, 6) is 0. The predicted octanol–water partition coefficient (Wildman–Crippen LogP) is 0.0830. The molecular formula is C10H26N2O2+2. The van der Waals surface area contributed by atoms with Crippen molar-refractivity contribution in [1.29, 1.82) is 0 Å². The second kappa shape index (κ2) is 5.66. The summed E-state index contributed by atoms with van der Waals surface area (Å²) in [5.41, 5.74) is 0. The summed E-state index contributed by atoms with van der Waals surface area (Å²) in [6.07, 6.45) is 0.789. The van der Waals surface area contributed by atoms with Gasteiger partial charge in [-0.1, -0.05) is 0 Å². The Morgan fingerprint density at radius 1 is 1.00 bits per heavy atom. The van der Waals surface area contributed by atoms with E-state index in [1.807, 2.05) is 14.1 Å². The second-order valence-corrected chi connectivity index (χ2v) is 5.22. The number of aliphatic hydroxyl groups excluding tert-OH is 1. The Bertz CT molecular complexity index is 153. The second-order valence-electron chi connectivity index (χ2n) is 5.22. The summed E-state index contributed by atoms with van der Waals surface area (Å²) >= 11 is 0. The fourth-order valence-electron chi connectivity index (χ4n) is 1.08. The number of hydrogen-bond donors (Lipinski definition) is 1. The highest BCUT2D eigenvalue weighted by atomic mass is 16.7. The van der Waals surface area contributed by atoms with Crippen molar-refractivity contribution in [1.82, 2.24) is 0 Å². The van der Waals surface area contributed by atoms with Gasteiger partial charge in [-0.2, -0.15) is 9.48 Å². The summed E-state index contributed by atoms with van der Waals surface area (Å²) in [6.45, 7) is 2.84. The van der Waals surface area contributed by atoms with Gasteiger partial charge < -0.3 is 9.59 Å². The number of hydrogen-bond acceptors (Lipinski definition) is 2. The van der Waals surface area contributed by atoms with Crippen molar-refractivity contribution in [3.05, 3.63) is 0 Å². The lowest BCUT2D eigenvalue weighted by Gasteiger charge is -2.29. The van der Waals surface area contributed by atoms with Crippen molar-refractivity contribution < 1.29 is 19.1 Å². The van der Waals surface area contributed by atoms with Crippen molar-refractivity contribution in [2.45, 2.75) is 6.42 Å². The van der Waals surface area contributed by atoms with Crippen LogP contribution in [0.3, 0.4) is 0 Å². The first-order valence-corrected chi connectivity index (χ1v) is 5.16. The maximum atomic E-state index is 8.72. The Labute approximate surface area is 87.8 Å². The van der Waals surface area contributed by atoms with Gasteiger partial charge in [0.1, 0.15) is 13.1 Å². The van der Waals surface area contributed by atoms with E-state index in [2.05, 4.69) is 21.1 Å². The summed E-state index contributed by atoms with van der Waals surface area (Å²) in [4.78, 5) is 5.72. The Morgan fingerprint density at radius 2 is 1.57 bits per heavy atom. The van der Waals surface area contributed by atoms with E-state index < -0.39 is 0 Å². The average molecular weight is 206 g/mol. The molecule has 4 heteroatoms. The fraction of sp³-hybridized carbons (Fsp3) is 1.00. The zero-order chi connectivity index (χ0) is 11.2. The van der Waals surface area contributed by atoms with Gasteiger partial charge in [-0.05, 0) is 0 Å². The molecule has 0 saturated heterocycles. The van der Waals surface area contributed by atoms with Crippen molar-refractivity contribution >= 4 is 0 Å². The van der Waals surface area contributed by atoms with Gasteiger partial charge in [0.05, 0.1) is 35.2 Å². The van der Waals surface area contributed by atoms with Crippen LogP contribution in [0.15, 0.2) is 0 Å². The first-order chi connectivity index (χ1) is 6.27. The molecule has 0 aliphatic carbocycles. The molecule has 0 amide bonds. The third kappa shape index (κ3) is 8.44. The average Bonchev–Trinajstić information content (AvgIpc) is 1.98. The Kier molecular flexibility index (Phi) is 5.59. The van der Waals surface area contributed by atoms with Crippen LogP contribution in [0.5, 0.6) is 0 Å². The van der Waals surface area contributed by atoms with Gasteiger partial charge >= 0.3 is 0 Å². The van der Waals surface area contributed by atoms with Gasteiger partial charge in [0.15, 0.2) is 6.61 Å². The largest absolute Gasteiger partial charge is 0.396 e. The van der Waals surface area contributed by atoms with Crippen LogP contribution in [0, 0.1) is 0 Å². The molecule has 0 aromatic carbocycles. The predicted molar refractivity (Wildman–Crippen MR) is 57.5 cm³/mol. The van der Waals surface area contributed by atoms with E-state index >= 15 is 0 Å². The van der Waals surface area contributed by atoms with Gasteiger partial charge in [0.25, 0.3) is 0 Å². The third-order valence-corrected chi connectivity index (χ3v) is 2.06. The molecule has 0 aliphatic rings. The lowest BCUT2D eigenvalue weighted by molar-refractivity contribution is -1.08. The van der Waals surface area contributed by atoms with Crippen LogP contribution in [0.4, 0.5) is 0 Å². The topological polar surface area (TPSA) is 29.5 Å². The SMILES string of the molecule is C[N+](C)(C)CCO[N+](C)(C)CCCO. The minimum Gasteiger partial charge on any atom is -0.396 e. The third-order valence-electron chi connectivity index (χ3n) is 2.06. The Morgan fingerprint density at radius 3 is 2.00 bits per heavy atom. The smallest absolute Gasteiger partial charge is 0.155 e. The summed E-state index contributed by atoms with van der Waals surface area (Å²) in [5, 5.41) is 8.72. The fourth-order valence-corrected chi connectivity index (χ4v) is 1.08. The molecule has 0 aromatic rings. The summed E-state index contributed by atoms with van der Waals surface area (Å²) in [7, 11) is 10.5. The molecule has 0 radical (unpaired) electrons. The van der Waals surface area contributed by atoms with E-state index in [0.29, 0.717) is 4.65 Å². The number of quaternary nitrogens is 2. The van der Waals surface area contributed by atoms with Gasteiger partial charge in [-0.15, -0.1) is 0 Å². The molecule has 0 bridgehead atoms. The highest BCUT2D eigenvalue weighted by Gasteiger charge is 2.18. The monoisotopic (exact) mass is 206 g/mol. The van der Waals surface area contributed by atoms with Crippen molar-refractivity contribution in [2.24, 2.45) is 0 Å². The Hall–Kier alpha value is -0.160. The van der Waals surface area contributed by atoms with Crippen LogP contribution in [-0.4, -0.2) is 75.8 Å². The van der Waals surface area contributed by atoms with E-state index in [1.54, 1.807) is 0 Å². The Balaban J connectivity index is 3.65. The highest BCUT2D eigenvalue weighted by Crippen LogP contribution is 2.01. The van der Waals surface area contributed by atoms with E-state index in [1.165, 1.54) is 0 Å². The normalized spacial score (nSPS) is 13.3. The molecular weight excluding hydrogens is 180 g/mol. The van der Waals surface area contributed by atoms with E-state index in [9.17, 15) is 0 Å². The van der Waals surface area contributed by atoms with E-state index in [0.717, 1.165) is 30.6 Å². The van der Waals surface area contributed by atoms with E-state index in [4.69, 9.17) is 9.94 Å². The van der Waals surface area contributed by atoms with Gasteiger partial charge in [0.2, 0.25) is 0 Å². The van der Waals surface area contributed by atoms with Gasteiger partial charge in [-0.3, -0.25) is 0 Å². The molecule has 0 aliphatic heterocycles. The molecule has 0 unspecified atom stereocenters. The molecule has 0 heterocycles. The van der Waals surface area contributed by atoms with Crippen LogP contribution < -0.4 is 0 Å². The van der Waals surface area contributed by atoms with E-state index in [-0.39, 0.29) is 6.61 Å². The molecule has 0 aromatic heterocycles. The van der Waals surface area contributed by atoms with Crippen LogP contribution in [-0.2, 0) is 4.84 Å². The standard InChI is InChI=1S/C10H26N2O2/c1-11(2,3)8-10-14-12(4,5)7-6-9-13/h13H,6-10H2,1-5H3/q+2. The first kappa shape index (κ1) is 13.8. The molecule has 0 saturated carbocycles. The number of hydroxylamine groups is 3. The lowest BCUT2D eigenvalue weighted by atomic mass is 10.4. The minimum atomic E-state index is 0.236. The van der Waals surface area contributed by atoms with Crippen LogP contribution in [0.25, 0.3) is 0 Å². The molecule has 0 spiro atoms. The van der Waals surface area contributed by atoms with Gasteiger partial charge in [-0.25, -0.2) is 0 Å². The maximum absolute atomic E-state index is 8.72. The minimum absolute atomic E-state index is 0.236. The van der Waals surface area contributed by atoms with Crippen LogP contribution in [0.2, 0.25) is 0 Å². The molecule has 14 heavy (non-hydrogen) atoms. The number of likely N-dealkylation sites (N-methyl/N-ethyl adjacent to an activating group) is 1. The maximum Gasteiger partial charge on any atom is 0.155 e. The molecule has 1 N–H and O–H groups in total. The molecule has 0 fully saturated rings. The summed E-state index contributed by atoms with van der Waals surface area (Å²) < 4.78 is 1.44. The summed E-state index contributed by atoms with van der Waals surface area (Å²) in [6, 6.07) is 0. The molecule has 0 atom stereocenters. The van der Waals surface area contributed by atoms with Gasteiger partial charge in [0, 0.05) is 13.0 Å².